The van der Waals surface area contributed by atoms with Crippen molar-refractivity contribution in [2.75, 3.05) is 25.2 Å². The van der Waals surface area contributed by atoms with Crippen molar-refractivity contribution in [2.24, 2.45) is 0 Å². The van der Waals surface area contributed by atoms with Crippen LogP contribution in [0.15, 0.2) is 39.5 Å². The third-order valence-corrected chi connectivity index (χ3v) is 6.51. The quantitative estimate of drug-likeness (QED) is 0.756. The Kier molecular flexibility index (Phi) is 4.32. The van der Waals surface area contributed by atoms with Crippen LogP contribution in [0.3, 0.4) is 0 Å². The minimum absolute atomic E-state index is 0.0383. The van der Waals surface area contributed by atoms with Gasteiger partial charge in [-0.15, -0.1) is 0 Å². The van der Waals surface area contributed by atoms with Gasteiger partial charge in [0.15, 0.2) is 16.4 Å². The molecule has 1 aliphatic rings. The van der Waals surface area contributed by atoms with E-state index in [-0.39, 0.29) is 24.0 Å². The van der Waals surface area contributed by atoms with Crippen molar-refractivity contribution in [3.63, 3.8) is 0 Å². The zero-order valence-corrected chi connectivity index (χ0v) is 14.8. The molecule has 0 aliphatic carbocycles. The summed E-state index contributed by atoms with van der Waals surface area (Å²) in [6.45, 7) is 1.54. The average Bonchev–Trinajstić information content (AvgIpc) is 2.85. The molecule has 0 spiro atoms. The molecule has 1 atom stereocenters. The summed E-state index contributed by atoms with van der Waals surface area (Å²) in [6, 6.07) is 7.93. The van der Waals surface area contributed by atoms with Crippen molar-refractivity contribution < 1.29 is 22.4 Å². The molecule has 0 bridgehead atoms. The lowest BCUT2D eigenvalue weighted by molar-refractivity contribution is -0.136. The van der Waals surface area contributed by atoms with Gasteiger partial charge < -0.3 is 14.1 Å². The van der Waals surface area contributed by atoms with E-state index in [9.17, 15) is 18.0 Å². The molecule has 1 aromatic heterocycles. The van der Waals surface area contributed by atoms with Crippen LogP contribution in [0.5, 0.6) is 5.75 Å². The fourth-order valence-electron chi connectivity index (χ4n) is 2.93. The number of hydrogen-bond donors (Lipinski definition) is 0. The number of amides is 1. The van der Waals surface area contributed by atoms with Crippen LogP contribution in [-0.4, -0.2) is 49.9 Å². The number of carbonyl (C=O) groups is 1. The highest BCUT2D eigenvalue weighted by Gasteiger charge is 2.43. The summed E-state index contributed by atoms with van der Waals surface area (Å²) >= 11 is 0. The number of nitrogens with zero attached hydrogens (tertiary/aromatic N) is 1. The van der Waals surface area contributed by atoms with E-state index in [0.717, 1.165) is 5.39 Å². The summed E-state index contributed by atoms with van der Waals surface area (Å²) in [6.07, 6.45) is 0.415. The van der Waals surface area contributed by atoms with Gasteiger partial charge in [-0.3, -0.25) is 4.79 Å². The van der Waals surface area contributed by atoms with E-state index in [1.807, 2.05) is 0 Å². The maximum atomic E-state index is 12.4. The Hall–Kier alpha value is -2.35. The van der Waals surface area contributed by atoms with Crippen LogP contribution in [0.25, 0.3) is 11.0 Å². The van der Waals surface area contributed by atoms with Gasteiger partial charge in [0, 0.05) is 24.6 Å². The molecule has 134 valence electrons. The summed E-state index contributed by atoms with van der Waals surface area (Å²) in [5, 5.41) is 0.749. The molecule has 1 aliphatic heterocycles. The van der Waals surface area contributed by atoms with Crippen molar-refractivity contribution in [1.29, 1.82) is 0 Å². The summed E-state index contributed by atoms with van der Waals surface area (Å²) < 4.78 is 34.0. The second-order valence-corrected chi connectivity index (χ2v) is 8.72. The highest BCUT2D eigenvalue weighted by molar-refractivity contribution is 7.91. The number of rotatable bonds is 4. The van der Waals surface area contributed by atoms with E-state index in [4.69, 9.17) is 9.15 Å². The maximum absolute atomic E-state index is 12.4. The summed E-state index contributed by atoms with van der Waals surface area (Å²) in [7, 11) is -1.52. The number of ether oxygens (including phenoxy) is 1. The first kappa shape index (κ1) is 17.5. The lowest BCUT2D eigenvalue weighted by atomic mass is 10.00. The molecule has 25 heavy (non-hydrogen) atoms. The SMILES string of the molecule is CN(C(=O)COc1ccc2ccc(=O)oc2c1)C1(C)CCS(=O)(=O)C1. The molecule has 2 aromatic rings. The van der Waals surface area contributed by atoms with Gasteiger partial charge in [0.2, 0.25) is 0 Å². The highest BCUT2D eigenvalue weighted by Crippen LogP contribution is 2.28. The molecule has 1 saturated heterocycles. The van der Waals surface area contributed by atoms with Crippen LogP contribution < -0.4 is 10.4 Å². The topological polar surface area (TPSA) is 93.9 Å². The van der Waals surface area contributed by atoms with Gasteiger partial charge >= 0.3 is 5.63 Å². The minimum Gasteiger partial charge on any atom is -0.484 e. The first-order valence-electron chi connectivity index (χ1n) is 7.82. The zero-order valence-electron chi connectivity index (χ0n) is 14.0. The van der Waals surface area contributed by atoms with Crippen LogP contribution in [-0.2, 0) is 14.6 Å². The molecule has 1 unspecified atom stereocenters. The smallest absolute Gasteiger partial charge is 0.336 e. The molecular formula is C17H19NO6S. The Morgan fingerprint density at radius 2 is 2.04 bits per heavy atom. The van der Waals surface area contributed by atoms with E-state index in [0.29, 0.717) is 17.8 Å². The predicted octanol–water partition coefficient (Wildman–Crippen LogP) is 1.21. The lowest BCUT2D eigenvalue weighted by Gasteiger charge is -2.34. The first-order chi connectivity index (χ1) is 11.7. The van der Waals surface area contributed by atoms with E-state index in [1.54, 1.807) is 38.2 Å². The van der Waals surface area contributed by atoms with Gasteiger partial charge in [-0.1, -0.05) is 0 Å². The number of likely N-dealkylation sites (N-methyl/N-ethyl adjacent to an activating group) is 1. The molecule has 3 rings (SSSR count). The molecular weight excluding hydrogens is 346 g/mol. The average molecular weight is 365 g/mol. The monoisotopic (exact) mass is 365 g/mol. The molecule has 8 heteroatoms. The van der Waals surface area contributed by atoms with E-state index >= 15 is 0 Å². The van der Waals surface area contributed by atoms with Crippen LogP contribution in [0.4, 0.5) is 0 Å². The van der Waals surface area contributed by atoms with Crippen molar-refractivity contribution in [3.05, 3.63) is 40.8 Å². The van der Waals surface area contributed by atoms with E-state index < -0.39 is 21.0 Å². The van der Waals surface area contributed by atoms with Crippen LogP contribution in [0.2, 0.25) is 0 Å². The van der Waals surface area contributed by atoms with Gasteiger partial charge in [0.05, 0.1) is 17.0 Å². The lowest BCUT2D eigenvalue weighted by Crippen LogP contribution is -2.49. The Morgan fingerprint density at radius 3 is 2.72 bits per heavy atom. The molecule has 0 radical (unpaired) electrons. The van der Waals surface area contributed by atoms with Gasteiger partial charge in [0.1, 0.15) is 11.3 Å². The Morgan fingerprint density at radius 1 is 1.32 bits per heavy atom. The molecule has 2 heterocycles. The van der Waals surface area contributed by atoms with Crippen LogP contribution >= 0.6 is 0 Å². The van der Waals surface area contributed by atoms with Gasteiger partial charge in [-0.2, -0.15) is 0 Å². The molecule has 1 aromatic carbocycles. The number of sulfone groups is 1. The Labute approximate surface area is 145 Å². The fourth-order valence-corrected chi connectivity index (χ4v) is 5.11. The number of carbonyl (C=O) groups excluding carboxylic acids is 1. The van der Waals surface area contributed by atoms with Gasteiger partial charge in [0.25, 0.3) is 5.91 Å². The van der Waals surface area contributed by atoms with Gasteiger partial charge in [-0.25, -0.2) is 13.2 Å². The molecule has 0 N–H and O–H groups in total. The second kappa shape index (κ2) is 6.18. The molecule has 1 fully saturated rings. The van der Waals surface area contributed by atoms with Crippen LogP contribution in [0.1, 0.15) is 13.3 Å². The fraction of sp³-hybridized carbons (Fsp3) is 0.412. The molecule has 1 amide bonds. The number of hydrogen-bond acceptors (Lipinski definition) is 6. The normalized spacial score (nSPS) is 22.0. The number of benzene rings is 1. The number of fused-ring (bicyclic) bond motifs is 1. The third-order valence-electron chi connectivity index (χ3n) is 4.62. The summed E-state index contributed by atoms with van der Waals surface area (Å²) in [4.78, 5) is 25.1. The molecule has 0 saturated carbocycles. The van der Waals surface area contributed by atoms with E-state index in [1.165, 1.54) is 11.0 Å². The zero-order chi connectivity index (χ0) is 18.2. The van der Waals surface area contributed by atoms with E-state index in [2.05, 4.69) is 0 Å². The van der Waals surface area contributed by atoms with Crippen molar-refractivity contribution in [2.45, 2.75) is 18.9 Å². The third kappa shape index (κ3) is 3.68. The van der Waals surface area contributed by atoms with Crippen molar-refractivity contribution >= 4 is 26.7 Å². The van der Waals surface area contributed by atoms with Crippen molar-refractivity contribution in [3.8, 4) is 5.75 Å². The Balaban J connectivity index is 1.69. The minimum atomic E-state index is -3.10. The Bertz CT molecular complexity index is 980. The second-order valence-electron chi connectivity index (χ2n) is 6.53. The van der Waals surface area contributed by atoms with Gasteiger partial charge in [-0.05, 0) is 31.5 Å². The summed E-state index contributed by atoms with van der Waals surface area (Å²) in [5.74, 6) is 0.136. The highest BCUT2D eigenvalue weighted by atomic mass is 32.2. The molecule has 7 nitrogen and oxygen atoms in total. The standard InChI is InChI=1S/C17H19NO6S/c1-17(7-8-25(21,22)11-17)18(2)15(19)10-23-13-5-3-12-4-6-16(20)24-14(12)9-13/h3-6,9H,7-8,10-11H2,1-2H3. The maximum Gasteiger partial charge on any atom is 0.336 e. The van der Waals surface area contributed by atoms with Crippen LogP contribution in [0, 0.1) is 0 Å². The predicted molar refractivity (Wildman–Crippen MR) is 92.4 cm³/mol. The van der Waals surface area contributed by atoms with Crippen molar-refractivity contribution in [1.82, 2.24) is 4.90 Å². The largest absolute Gasteiger partial charge is 0.484 e. The summed E-state index contributed by atoms with van der Waals surface area (Å²) in [5.41, 5.74) is -0.800. The first-order valence-corrected chi connectivity index (χ1v) is 9.65.